The van der Waals surface area contributed by atoms with Gasteiger partial charge in [0.05, 0.1) is 11.6 Å². The number of aryl methyl sites for hydroxylation is 2. The van der Waals surface area contributed by atoms with Gasteiger partial charge in [0, 0.05) is 73.2 Å². The van der Waals surface area contributed by atoms with Gasteiger partial charge in [-0.3, -0.25) is 14.2 Å². The summed E-state index contributed by atoms with van der Waals surface area (Å²) >= 11 is 6.62. The number of benzene rings is 2. The molecule has 1 N–H and O–H groups in total. The van der Waals surface area contributed by atoms with Crippen molar-refractivity contribution in [3.63, 3.8) is 0 Å². The lowest BCUT2D eigenvalue weighted by Gasteiger charge is -2.34. The molecule has 9 nitrogen and oxygen atoms in total. The molecule has 0 unspecified atom stereocenters. The monoisotopic (exact) mass is 615 g/mol. The molecule has 4 aromatic rings. The van der Waals surface area contributed by atoms with Crippen molar-refractivity contribution in [3.05, 3.63) is 75.2 Å². The number of nitrogens with zero attached hydrogens (tertiary/aromatic N) is 6. The standard InChI is InChI=1S/C34H42ClN7O2/c1-7-30(43)41-16-10-11-25(21-41)42-32-27(23(3)31(33(42)44)26-12-8-9-13-28(26)35)20-36-34(38-32)37-24-14-15-29(22(2)19-24)40(6)18-17-39(4)5/h8-9,12-15,19-20,25H,7,10-11,16-18,21H2,1-6H3,(H,36,37,38)/t25-/m0/s1. The van der Waals surface area contributed by atoms with E-state index >= 15 is 0 Å². The number of piperidine rings is 1. The average Bonchev–Trinajstić information content (AvgIpc) is 3.00. The van der Waals surface area contributed by atoms with Crippen LogP contribution in [0.4, 0.5) is 17.3 Å². The highest BCUT2D eigenvalue weighted by atomic mass is 35.5. The minimum atomic E-state index is -0.224. The predicted octanol–water partition coefficient (Wildman–Crippen LogP) is 6.04. The van der Waals surface area contributed by atoms with E-state index in [9.17, 15) is 9.59 Å². The van der Waals surface area contributed by atoms with Crippen molar-refractivity contribution in [2.24, 2.45) is 0 Å². The van der Waals surface area contributed by atoms with Crippen LogP contribution >= 0.6 is 11.6 Å². The van der Waals surface area contributed by atoms with Crippen molar-refractivity contribution in [1.82, 2.24) is 24.3 Å². The molecule has 0 bridgehead atoms. The number of aromatic nitrogens is 3. The van der Waals surface area contributed by atoms with Gasteiger partial charge in [0.25, 0.3) is 5.56 Å². The average molecular weight is 616 g/mol. The molecule has 44 heavy (non-hydrogen) atoms. The van der Waals surface area contributed by atoms with Crippen LogP contribution in [0.5, 0.6) is 0 Å². The normalized spacial score (nSPS) is 15.2. The lowest BCUT2D eigenvalue weighted by atomic mass is 9.98. The lowest BCUT2D eigenvalue weighted by molar-refractivity contribution is -0.132. The van der Waals surface area contributed by atoms with Crippen LogP contribution in [-0.2, 0) is 4.79 Å². The van der Waals surface area contributed by atoms with Crippen LogP contribution in [0.25, 0.3) is 22.2 Å². The summed E-state index contributed by atoms with van der Waals surface area (Å²) in [6, 6.07) is 13.4. The second kappa shape index (κ2) is 13.4. The molecular formula is C34H42ClN7O2. The van der Waals surface area contributed by atoms with Crippen molar-refractivity contribution in [2.45, 2.75) is 46.1 Å². The topological polar surface area (TPSA) is 86.6 Å². The summed E-state index contributed by atoms with van der Waals surface area (Å²) in [5.41, 5.74) is 5.54. The zero-order valence-electron chi connectivity index (χ0n) is 26.5. The first-order chi connectivity index (χ1) is 21.1. The van der Waals surface area contributed by atoms with Crippen molar-refractivity contribution in [2.75, 3.05) is 57.5 Å². The van der Waals surface area contributed by atoms with E-state index < -0.39 is 0 Å². The summed E-state index contributed by atoms with van der Waals surface area (Å²) in [6.45, 7) is 8.93. The maximum Gasteiger partial charge on any atom is 0.260 e. The third-order valence-electron chi connectivity index (χ3n) is 8.52. The number of anilines is 3. The summed E-state index contributed by atoms with van der Waals surface area (Å²) in [6.07, 6.45) is 3.79. The quantitative estimate of drug-likeness (QED) is 0.245. The molecule has 10 heteroatoms. The number of carbonyl (C=O) groups is 1. The van der Waals surface area contributed by atoms with Gasteiger partial charge in [0.2, 0.25) is 11.9 Å². The Balaban J connectivity index is 1.58. The van der Waals surface area contributed by atoms with Crippen LogP contribution in [0.2, 0.25) is 5.02 Å². The SMILES string of the molecule is CCC(=O)N1CCC[C@H](n2c(=O)c(-c3ccccc3Cl)c(C)c3cnc(Nc4ccc(N(C)CCN(C)C)c(C)c4)nc32)C1. The number of hydrogen-bond acceptors (Lipinski definition) is 7. The Morgan fingerprint density at radius 2 is 1.89 bits per heavy atom. The first kappa shape index (κ1) is 31.5. The molecule has 3 heterocycles. The number of carbonyl (C=O) groups excluding carboxylic acids is 1. The van der Waals surface area contributed by atoms with Crippen molar-refractivity contribution >= 4 is 45.9 Å². The fraction of sp³-hybridized carbons (Fsp3) is 0.412. The van der Waals surface area contributed by atoms with Gasteiger partial charge in [-0.15, -0.1) is 0 Å². The third kappa shape index (κ3) is 6.44. The van der Waals surface area contributed by atoms with E-state index in [0.29, 0.717) is 47.3 Å². The van der Waals surface area contributed by atoms with Gasteiger partial charge in [-0.1, -0.05) is 36.7 Å². The molecule has 1 fully saturated rings. The van der Waals surface area contributed by atoms with Crippen LogP contribution in [-0.4, -0.2) is 77.6 Å². The Morgan fingerprint density at radius 1 is 1.11 bits per heavy atom. The molecule has 1 atom stereocenters. The third-order valence-corrected chi connectivity index (χ3v) is 8.84. The number of likely N-dealkylation sites (N-methyl/N-ethyl adjacent to an activating group) is 2. The fourth-order valence-corrected chi connectivity index (χ4v) is 6.32. The molecule has 1 aliphatic heterocycles. The Kier molecular flexibility index (Phi) is 9.56. The van der Waals surface area contributed by atoms with Crippen molar-refractivity contribution < 1.29 is 4.79 Å². The second-order valence-electron chi connectivity index (χ2n) is 11.9. The number of amides is 1. The van der Waals surface area contributed by atoms with Crippen molar-refractivity contribution in [1.29, 1.82) is 0 Å². The largest absolute Gasteiger partial charge is 0.373 e. The smallest absolute Gasteiger partial charge is 0.260 e. The highest BCUT2D eigenvalue weighted by Gasteiger charge is 2.29. The van der Waals surface area contributed by atoms with Gasteiger partial charge in [-0.2, -0.15) is 4.98 Å². The Morgan fingerprint density at radius 3 is 2.59 bits per heavy atom. The maximum atomic E-state index is 14.4. The highest BCUT2D eigenvalue weighted by Crippen LogP contribution is 2.34. The van der Waals surface area contributed by atoms with Gasteiger partial charge in [-0.25, -0.2) is 4.98 Å². The minimum absolute atomic E-state index is 0.0913. The fourth-order valence-electron chi connectivity index (χ4n) is 6.09. The van der Waals surface area contributed by atoms with E-state index in [-0.39, 0.29) is 17.5 Å². The Bertz CT molecular complexity index is 1740. The van der Waals surface area contributed by atoms with Crippen LogP contribution in [0.1, 0.15) is 43.4 Å². The molecule has 5 rings (SSSR count). The van der Waals surface area contributed by atoms with E-state index in [0.717, 1.165) is 53.8 Å². The van der Waals surface area contributed by atoms with Gasteiger partial charge in [0.15, 0.2) is 0 Å². The molecule has 1 amide bonds. The molecule has 2 aromatic heterocycles. The first-order valence-corrected chi connectivity index (χ1v) is 15.6. The van der Waals surface area contributed by atoms with Crippen LogP contribution in [0.3, 0.4) is 0 Å². The number of rotatable bonds is 9. The molecule has 0 aliphatic carbocycles. The molecule has 2 aromatic carbocycles. The summed E-state index contributed by atoms with van der Waals surface area (Å²) in [4.78, 5) is 43.0. The van der Waals surface area contributed by atoms with Gasteiger partial charge in [0.1, 0.15) is 5.65 Å². The van der Waals surface area contributed by atoms with E-state index in [1.807, 2.05) is 43.0 Å². The molecule has 0 radical (unpaired) electrons. The zero-order valence-corrected chi connectivity index (χ0v) is 27.3. The second-order valence-corrected chi connectivity index (χ2v) is 12.3. The number of pyridine rings is 1. The lowest BCUT2D eigenvalue weighted by Crippen LogP contribution is -2.43. The van der Waals surface area contributed by atoms with E-state index in [2.05, 4.69) is 60.3 Å². The molecule has 1 saturated heterocycles. The Hall–Kier alpha value is -3.95. The van der Waals surface area contributed by atoms with Crippen LogP contribution < -0.4 is 15.8 Å². The van der Waals surface area contributed by atoms with Crippen LogP contribution in [0, 0.1) is 13.8 Å². The molecule has 0 spiro atoms. The number of hydrogen-bond donors (Lipinski definition) is 1. The zero-order chi connectivity index (χ0) is 31.5. The van der Waals surface area contributed by atoms with Crippen LogP contribution in [0.15, 0.2) is 53.5 Å². The van der Waals surface area contributed by atoms with E-state index in [1.165, 1.54) is 0 Å². The van der Waals surface area contributed by atoms with Crippen molar-refractivity contribution in [3.8, 4) is 11.1 Å². The predicted molar refractivity (Wildman–Crippen MR) is 180 cm³/mol. The number of nitrogens with one attached hydrogen (secondary N) is 1. The number of likely N-dealkylation sites (tertiary alicyclic amines) is 1. The molecule has 232 valence electrons. The van der Waals surface area contributed by atoms with Gasteiger partial charge < -0.3 is 20.0 Å². The molecular weight excluding hydrogens is 574 g/mol. The molecule has 1 aliphatic rings. The van der Waals surface area contributed by atoms with Gasteiger partial charge >= 0.3 is 0 Å². The van der Waals surface area contributed by atoms with E-state index in [4.69, 9.17) is 16.6 Å². The maximum absolute atomic E-state index is 14.4. The summed E-state index contributed by atoms with van der Waals surface area (Å²) in [5, 5.41) is 4.65. The number of fused-ring (bicyclic) bond motifs is 1. The Labute approximate surface area is 264 Å². The summed E-state index contributed by atoms with van der Waals surface area (Å²) in [7, 11) is 6.25. The minimum Gasteiger partial charge on any atom is -0.373 e. The summed E-state index contributed by atoms with van der Waals surface area (Å²) < 4.78 is 1.77. The van der Waals surface area contributed by atoms with Gasteiger partial charge in [-0.05, 0) is 76.2 Å². The first-order valence-electron chi connectivity index (χ1n) is 15.3. The van der Waals surface area contributed by atoms with E-state index in [1.54, 1.807) is 16.8 Å². The summed E-state index contributed by atoms with van der Waals surface area (Å²) in [5.74, 6) is 0.495. The highest BCUT2D eigenvalue weighted by molar-refractivity contribution is 6.33. The number of halogens is 1. The molecule has 0 saturated carbocycles.